The Bertz CT molecular complexity index is 214. The molecule has 1 amide bonds. The molecular weight excluding hydrogens is 166 g/mol. The van der Waals surface area contributed by atoms with E-state index in [-0.39, 0.29) is 0 Å². The van der Waals surface area contributed by atoms with Crippen molar-refractivity contribution < 1.29 is 14.7 Å². The molecule has 0 bridgehead atoms. The number of rotatable bonds is 1. The van der Waals surface area contributed by atoms with Crippen molar-refractivity contribution in [1.29, 1.82) is 0 Å². The van der Waals surface area contributed by atoms with Crippen molar-refractivity contribution in [2.45, 2.75) is 5.25 Å². The van der Waals surface area contributed by atoms with Crippen molar-refractivity contribution in [2.24, 2.45) is 0 Å². The van der Waals surface area contributed by atoms with E-state index in [2.05, 4.69) is 5.32 Å². The first-order chi connectivity index (χ1) is 5.22. The number of nitrogens with one attached hydrogen (secondary N) is 1. The van der Waals surface area contributed by atoms with E-state index >= 15 is 0 Å². The number of hydrogen-bond acceptors (Lipinski definition) is 3. The summed E-state index contributed by atoms with van der Waals surface area (Å²) < 4.78 is 0. The Hall–Kier alpha value is -0.970. The Balaban J connectivity index is 2.68. The van der Waals surface area contributed by atoms with Crippen LogP contribution in [-0.4, -0.2) is 28.8 Å². The monoisotopic (exact) mass is 173 g/mol. The summed E-state index contributed by atoms with van der Waals surface area (Å²) in [4.78, 5) is 21.3. The summed E-state index contributed by atoms with van der Waals surface area (Å²) in [5, 5.41) is 11.6. The first kappa shape index (κ1) is 8.13. The lowest BCUT2D eigenvalue weighted by atomic mass is 10.4. The lowest BCUT2D eigenvalue weighted by molar-refractivity contribution is -0.139. The summed E-state index contributed by atoms with van der Waals surface area (Å²) in [7, 11) is 0. The molecule has 1 heterocycles. The van der Waals surface area contributed by atoms with Gasteiger partial charge in [-0.1, -0.05) is 6.08 Å². The van der Waals surface area contributed by atoms with Crippen LogP contribution in [-0.2, 0) is 9.59 Å². The molecule has 0 aromatic heterocycles. The molecule has 1 atom stereocenters. The molecule has 1 aliphatic rings. The van der Waals surface area contributed by atoms with Gasteiger partial charge in [0.2, 0.25) is 5.91 Å². The molecule has 0 radical (unpaired) electrons. The standard InChI is InChI=1S/C6H7NO3S/c8-5-4(6(9)10)11-3-1-2-7-5/h1,3-4H,2H2,(H,7,8)(H,9,10). The normalized spacial score (nSPS) is 24.0. The van der Waals surface area contributed by atoms with Gasteiger partial charge in [-0.2, -0.15) is 0 Å². The molecule has 5 heteroatoms. The highest BCUT2D eigenvalue weighted by molar-refractivity contribution is 8.04. The first-order valence-electron chi connectivity index (χ1n) is 3.03. The van der Waals surface area contributed by atoms with Crippen molar-refractivity contribution in [3.8, 4) is 0 Å². The third-order valence-corrected chi connectivity index (χ3v) is 2.20. The van der Waals surface area contributed by atoms with E-state index in [4.69, 9.17) is 5.11 Å². The van der Waals surface area contributed by atoms with Crippen molar-refractivity contribution in [3.05, 3.63) is 11.5 Å². The van der Waals surface area contributed by atoms with Gasteiger partial charge in [-0.15, -0.1) is 11.8 Å². The quantitative estimate of drug-likeness (QED) is 0.540. The van der Waals surface area contributed by atoms with Crippen LogP contribution in [0.4, 0.5) is 0 Å². The van der Waals surface area contributed by atoms with Crippen LogP contribution in [0, 0.1) is 0 Å². The van der Waals surface area contributed by atoms with Crippen molar-refractivity contribution in [1.82, 2.24) is 5.32 Å². The summed E-state index contributed by atoms with van der Waals surface area (Å²) in [6, 6.07) is 0. The molecular formula is C6H7NO3S. The smallest absolute Gasteiger partial charge is 0.326 e. The van der Waals surface area contributed by atoms with E-state index in [1.807, 2.05) is 0 Å². The summed E-state index contributed by atoms with van der Waals surface area (Å²) in [5.41, 5.74) is 0. The van der Waals surface area contributed by atoms with Gasteiger partial charge in [0.25, 0.3) is 0 Å². The van der Waals surface area contributed by atoms with Gasteiger partial charge in [0.15, 0.2) is 5.25 Å². The van der Waals surface area contributed by atoms with Crippen LogP contribution in [0.1, 0.15) is 0 Å². The lowest BCUT2D eigenvalue weighted by Crippen LogP contribution is -2.36. The van der Waals surface area contributed by atoms with Crippen LogP contribution in [0.2, 0.25) is 0 Å². The summed E-state index contributed by atoms with van der Waals surface area (Å²) >= 11 is 1.01. The van der Waals surface area contributed by atoms with E-state index in [9.17, 15) is 9.59 Å². The zero-order chi connectivity index (χ0) is 8.27. The Morgan fingerprint density at radius 1 is 1.82 bits per heavy atom. The van der Waals surface area contributed by atoms with Crippen LogP contribution in [0.15, 0.2) is 11.5 Å². The Labute approximate surface area is 67.7 Å². The fraction of sp³-hybridized carbons (Fsp3) is 0.333. The van der Waals surface area contributed by atoms with Gasteiger partial charge in [-0.25, -0.2) is 0 Å². The molecule has 0 aromatic carbocycles. The van der Waals surface area contributed by atoms with Crippen LogP contribution in [0.25, 0.3) is 0 Å². The molecule has 0 aliphatic carbocycles. The predicted molar refractivity (Wildman–Crippen MR) is 41.2 cm³/mol. The van der Waals surface area contributed by atoms with Crippen LogP contribution < -0.4 is 5.32 Å². The SMILES string of the molecule is O=C(O)C1SC=CCNC1=O. The number of aliphatic carboxylic acids is 1. The van der Waals surface area contributed by atoms with E-state index in [0.29, 0.717) is 6.54 Å². The maximum atomic E-state index is 10.9. The van der Waals surface area contributed by atoms with Crippen LogP contribution in [0.5, 0.6) is 0 Å². The molecule has 0 fully saturated rings. The molecule has 60 valence electrons. The molecule has 11 heavy (non-hydrogen) atoms. The predicted octanol–water partition coefficient (Wildman–Crippen LogP) is -0.184. The second-order valence-electron chi connectivity index (χ2n) is 1.97. The van der Waals surface area contributed by atoms with Gasteiger partial charge in [-0.05, 0) is 5.41 Å². The number of carboxylic acid groups (broad SMARTS) is 1. The topological polar surface area (TPSA) is 66.4 Å². The van der Waals surface area contributed by atoms with Gasteiger partial charge < -0.3 is 10.4 Å². The van der Waals surface area contributed by atoms with Crippen molar-refractivity contribution >= 4 is 23.6 Å². The Morgan fingerprint density at radius 2 is 2.55 bits per heavy atom. The third kappa shape index (κ3) is 1.98. The average Bonchev–Trinajstić information content (AvgIpc) is 2.13. The van der Waals surface area contributed by atoms with Crippen LogP contribution >= 0.6 is 11.8 Å². The maximum absolute atomic E-state index is 10.9. The average molecular weight is 173 g/mol. The molecule has 1 rings (SSSR count). The summed E-state index contributed by atoms with van der Waals surface area (Å²) in [6.07, 6.45) is 1.71. The lowest BCUT2D eigenvalue weighted by Gasteiger charge is -2.05. The van der Waals surface area contributed by atoms with Gasteiger partial charge in [-0.3, -0.25) is 9.59 Å². The minimum Gasteiger partial charge on any atom is -0.480 e. The van der Waals surface area contributed by atoms with Gasteiger partial charge >= 0.3 is 5.97 Å². The molecule has 0 aromatic rings. The molecule has 1 unspecified atom stereocenters. The maximum Gasteiger partial charge on any atom is 0.326 e. The van der Waals surface area contributed by atoms with Crippen LogP contribution in [0.3, 0.4) is 0 Å². The fourth-order valence-corrected chi connectivity index (χ4v) is 1.35. The molecule has 1 aliphatic heterocycles. The number of hydrogen-bond donors (Lipinski definition) is 2. The third-order valence-electron chi connectivity index (χ3n) is 1.17. The summed E-state index contributed by atoms with van der Waals surface area (Å²) in [5.74, 6) is -1.54. The molecule has 0 saturated carbocycles. The molecule has 2 N–H and O–H groups in total. The van der Waals surface area contributed by atoms with E-state index in [1.165, 1.54) is 0 Å². The highest BCUT2D eigenvalue weighted by Gasteiger charge is 2.26. The number of amides is 1. The molecule has 4 nitrogen and oxygen atoms in total. The second kappa shape index (κ2) is 3.43. The van der Waals surface area contributed by atoms with E-state index in [0.717, 1.165) is 11.8 Å². The minimum atomic E-state index is -1.10. The number of carbonyl (C=O) groups excluding carboxylic acids is 1. The number of thioether (sulfide) groups is 1. The van der Waals surface area contributed by atoms with Crippen molar-refractivity contribution in [3.63, 3.8) is 0 Å². The van der Waals surface area contributed by atoms with E-state index < -0.39 is 17.1 Å². The molecule has 0 spiro atoms. The second-order valence-corrected chi connectivity index (χ2v) is 2.99. The zero-order valence-corrected chi connectivity index (χ0v) is 6.43. The number of carbonyl (C=O) groups is 2. The number of carboxylic acids is 1. The van der Waals surface area contributed by atoms with Crippen molar-refractivity contribution in [2.75, 3.05) is 6.54 Å². The highest BCUT2D eigenvalue weighted by atomic mass is 32.2. The zero-order valence-electron chi connectivity index (χ0n) is 5.61. The summed E-state index contributed by atoms with van der Waals surface area (Å²) in [6.45, 7) is 0.412. The largest absolute Gasteiger partial charge is 0.480 e. The van der Waals surface area contributed by atoms with Gasteiger partial charge in [0, 0.05) is 6.54 Å². The van der Waals surface area contributed by atoms with Gasteiger partial charge in [0.05, 0.1) is 0 Å². The molecule has 0 saturated heterocycles. The fourth-order valence-electron chi connectivity index (χ4n) is 0.667. The highest BCUT2D eigenvalue weighted by Crippen LogP contribution is 2.14. The Kier molecular flexibility index (Phi) is 2.53. The first-order valence-corrected chi connectivity index (χ1v) is 3.97. The van der Waals surface area contributed by atoms with E-state index in [1.54, 1.807) is 11.5 Å². The minimum absolute atomic E-state index is 0.412. The Morgan fingerprint density at radius 3 is 3.18 bits per heavy atom. The van der Waals surface area contributed by atoms with Gasteiger partial charge in [0.1, 0.15) is 0 Å².